The summed E-state index contributed by atoms with van der Waals surface area (Å²) >= 11 is 0. The van der Waals surface area contributed by atoms with Gasteiger partial charge in [0, 0.05) is 0 Å². The molecule has 100 valence electrons. The van der Waals surface area contributed by atoms with Gasteiger partial charge in [0.15, 0.2) is 15.7 Å². The highest BCUT2D eigenvalue weighted by molar-refractivity contribution is 7.90. The number of carboxylic acid groups (broad SMARTS) is 1. The molecule has 8 heteroatoms. The highest BCUT2D eigenvalue weighted by atomic mass is 32.2. The molecular weight excluding hydrogens is 272 g/mol. The molecule has 2 aromatic rings. The Balaban J connectivity index is 2.34. The molecule has 2 rings (SSSR count). The monoisotopic (exact) mass is 282 g/mol. The number of benzene rings is 1. The second-order valence-corrected chi connectivity index (χ2v) is 5.82. The van der Waals surface area contributed by atoms with Crippen LogP contribution in [0.5, 0.6) is 0 Å². The Hall–Kier alpha value is -2.22. The molecule has 0 aliphatic carbocycles. The minimum atomic E-state index is -3.72. The van der Waals surface area contributed by atoms with Gasteiger partial charge in [0.2, 0.25) is 5.89 Å². The lowest BCUT2D eigenvalue weighted by atomic mass is 10.2. The van der Waals surface area contributed by atoms with E-state index in [1.165, 1.54) is 18.2 Å². The maximum absolute atomic E-state index is 12.1. The number of sulfone groups is 1. The molecular formula is C11H10N2O5S. The number of aryl methyl sites for hydroxylation is 1. The zero-order valence-electron chi connectivity index (χ0n) is 9.90. The third-order valence-corrected chi connectivity index (χ3v) is 3.92. The van der Waals surface area contributed by atoms with Gasteiger partial charge in [-0.05, 0) is 25.1 Å². The Morgan fingerprint density at radius 1 is 1.42 bits per heavy atom. The van der Waals surface area contributed by atoms with E-state index in [1.807, 2.05) is 0 Å². The molecule has 0 bridgehead atoms. The number of rotatable bonds is 4. The van der Waals surface area contributed by atoms with E-state index < -0.39 is 21.6 Å². The van der Waals surface area contributed by atoms with Gasteiger partial charge in [-0.2, -0.15) is 4.98 Å². The van der Waals surface area contributed by atoms with Crippen molar-refractivity contribution in [3.8, 4) is 0 Å². The van der Waals surface area contributed by atoms with E-state index >= 15 is 0 Å². The first-order chi connectivity index (χ1) is 8.88. The molecule has 0 saturated carbocycles. The van der Waals surface area contributed by atoms with Crippen LogP contribution < -0.4 is 0 Å². The predicted molar refractivity (Wildman–Crippen MR) is 63.3 cm³/mol. The Morgan fingerprint density at radius 3 is 2.74 bits per heavy atom. The van der Waals surface area contributed by atoms with Crippen LogP contribution in [0.1, 0.15) is 22.1 Å². The van der Waals surface area contributed by atoms with E-state index in [2.05, 4.69) is 10.1 Å². The first kappa shape index (κ1) is 13.2. The van der Waals surface area contributed by atoms with E-state index in [4.69, 9.17) is 9.63 Å². The first-order valence-electron chi connectivity index (χ1n) is 5.24. The molecule has 19 heavy (non-hydrogen) atoms. The Bertz CT molecular complexity index is 720. The van der Waals surface area contributed by atoms with Crippen molar-refractivity contribution in [2.75, 3.05) is 0 Å². The summed E-state index contributed by atoms with van der Waals surface area (Å²) in [5.74, 6) is -1.34. The molecule has 0 fully saturated rings. The van der Waals surface area contributed by atoms with E-state index in [0.717, 1.165) is 6.07 Å². The van der Waals surface area contributed by atoms with Crippen LogP contribution in [0.15, 0.2) is 33.7 Å². The summed E-state index contributed by atoms with van der Waals surface area (Å²) in [5, 5.41) is 12.3. The standard InChI is InChI=1S/C11H10N2O5S/c1-7-12-10(18-13-7)6-19(16,17)9-4-2-3-8(5-9)11(14)15/h2-5H,6H2,1H3,(H,14,15). The third-order valence-electron chi connectivity index (χ3n) is 2.32. The lowest BCUT2D eigenvalue weighted by molar-refractivity contribution is 0.0696. The largest absolute Gasteiger partial charge is 0.478 e. The van der Waals surface area contributed by atoms with Gasteiger partial charge in [0.25, 0.3) is 0 Å². The average molecular weight is 282 g/mol. The molecule has 0 amide bonds. The molecule has 0 radical (unpaired) electrons. The number of nitrogens with zero attached hydrogens (tertiary/aromatic N) is 2. The van der Waals surface area contributed by atoms with E-state index in [9.17, 15) is 13.2 Å². The van der Waals surface area contributed by atoms with E-state index in [0.29, 0.717) is 5.82 Å². The minimum absolute atomic E-state index is 0.0294. The van der Waals surface area contributed by atoms with Crippen molar-refractivity contribution in [2.24, 2.45) is 0 Å². The molecule has 0 unspecified atom stereocenters. The fourth-order valence-corrected chi connectivity index (χ4v) is 2.67. The van der Waals surface area contributed by atoms with Crippen LogP contribution in [0.25, 0.3) is 0 Å². The second-order valence-electron chi connectivity index (χ2n) is 3.83. The van der Waals surface area contributed by atoms with Gasteiger partial charge >= 0.3 is 5.97 Å². The van der Waals surface area contributed by atoms with E-state index in [1.54, 1.807) is 6.92 Å². The van der Waals surface area contributed by atoms with Crippen molar-refractivity contribution in [2.45, 2.75) is 17.6 Å². The highest BCUT2D eigenvalue weighted by Gasteiger charge is 2.20. The summed E-state index contributed by atoms with van der Waals surface area (Å²) in [6.07, 6.45) is 0. The molecule has 0 spiro atoms. The van der Waals surface area contributed by atoms with Gasteiger partial charge in [-0.3, -0.25) is 0 Å². The van der Waals surface area contributed by atoms with Gasteiger partial charge < -0.3 is 9.63 Å². The van der Waals surface area contributed by atoms with Crippen molar-refractivity contribution in [1.29, 1.82) is 0 Å². The quantitative estimate of drug-likeness (QED) is 0.892. The predicted octanol–water partition coefficient (Wildman–Crippen LogP) is 1.05. The Morgan fingerprint density at radius 2 is 2.16 bits per heavy atom. The van der Waals surface area contributed by atoms with E-state index in [-0.39, 0.29) is 16.3 Å². The van der Waals surface area contributed by atoms with Crippen molar-refractivity contribution >= 4 is 15.8 Å². The van der Waals surface area contributed by atoms with Gasteiger partial charge in [-0.1, -0.05) is 11.2 Å². The lowest BCUT2D eigenvalue weighted by Gasteiger charge is -2.02. The van der Waals surface area contributed by atoms with Crippen molar-refractivity contribution < 1.29 is 22.8 Å². The number of hydrogen-bond acceptors (Lipinski definition) is 6. The average Bonchev–Trinajstić information content (AvgIpc) is 2.74. The molecule has 0 saturated heterocycles. The smallest absolute Gasteiger partial charge is 0.335 e. The molecule has 0 aliphatic heterocycles. The second kappa shape index (κ2) is 4.81. The third kappa shape index (κ3) is 2.97. The van der Waals surface area contributed by atoms with Crippen LogP contribution in [0.4, 0.5) is 0 Å². The maximum Gasteiger partial charge on any atom is 0.335 e. The topological polar surface area (TPSA) is 110 Å². The van der Waals surface area contributed by atoms with Crippen LogP contribution in [0, 0.1) is 6.92 Å². The molecule has 1 N–H and O–H groups in total. The number of hydrogen-bond donors (Lipinski definition) is 1. The molecule has 1 aromatic carbocycles. The summed E-state index contributed by atoms with van der Waals surface area (Å²) in [7, 11) is -3.72. The number of carboxylic acids is 1. The van der Waals surface area contributed by atoms with Crippen molar-refractivity contribution in [1.82, 2.24) is 10.1 Å². The fraction of sp³-hybridized carbons (Fsp3) is 0.182. The maximum atomic E-state index is 12.1. The number of aromatic nitrogens is 2. The van der Waals surface area contributed by atoms with Crippen molar-refractivity contribution in [3.63, 3.8) is 0 Å². The van der Waals surface area contributed by atoms with Crippen LogP contribution in [-0.4, -0.2) is 29.6 Å². The molecule has 1 aromatic heterocycles. The zero-order chi connectivity index (χ0) is 14.0. The Labute approximate surface area is 108 Å². The molecule has 7 nitrogen and oxygen atoms in total. The minimum Gasteiger partial charge on any atom is -0.478 e. The SMILES string of the molecule is Cc1noc(CS(=O)(=O)c2cccc(C(=O)O)c2)n1. The fourth-order valence-electron chi connectivity index (χ4n) is 1.47. The van der Waals surface area contributed by atoms with Gasteiger partial charge in [0.1, 0.15) is 5.75 Å². The van der Waals surface area contributed by atoms with Gasteiger partial charge in [-0.15, -0.1) is 0 Å². The molecule has 1 heterocycles. The van der Waals surface area contributed by atoms with Crippen LogP contribution >= 0.6 is 0 Å². The van der Waals surface area contributed by atoms with Crippen LogP contribution in [0.3, 0.4) is 0 Å². The van der Waals surface area contributed by atoms with Gasteiger partial charge in [-0.25, -0.2) is 13.2 Å². The van der Waals surface area contributed by atoms with Gasteiger partial charge in [0.05, 0.1) is 10.5 Å². The summed E-state index contributed by atoms with van der Waals surface area (Å²) in [6.45, 7) is 1.57. The summed E-state index contributed by atoms with van der Waals surface area (Å²) in [6, 6.07) is 5.11. The Kier molecular flexibility index (Phi) is 3.34. The molecule has 0 atom stereocenters. The van der Waals surface area contributed by atoms with Crippen LogP contribution in [0.2, 0.25) is 0 Å². The van der Waals surface area contributed by atoms with Crippen molar-refractivity contribution in [3.05, 3.63) is 41.5 Å². The summed E-state index contributed by atoms with van der Waals surface area (Å²) in [5.41, 5.74) is -0.0946. The number of carbonyl (C=O) groups is 1. The zero-order valence-corrected chi connectivity index (χ0v) is 10.7. The lowest BCUT2D eigenvalue weighted by Crippen LogP contribution is -2.07. The first-order valence-corrected chi connectivity index (χ1v) is 6.89. The summed E-state index contributed by atoms with van der Waals surface area (Å²) in [4.78, 5) is 14.5. The highest BCUT2D eigenvalue weighted by Crippen LogP contribution is 2.17. The summed E-state index contributed by atoms with van der Waals surface area (Å²) < 4.78 is 28.9. The normalized spacial score (nSPS) is 11.4. The number of aromatic carboxylic acids is 1. The molecule has 0 aliphatic rings. The van der Waals surface area contributed by atoms with Crippen LogP contribution in [-0.2, 0) is 15.6 Å².